The van der Waals surface area contributed by atoms with Gasteiger partial charge in [-0.25, -0.2) is 13.4 Å². The van der Waals surface area contributed by atoms with Gasteiger partial charge in [-0.1, -0.05) is 0 Å². The molecule has 0 aromatic carbocycles. The Morgan fingerprint density at radius 1 is 1.53 bits per heavy atom. The number of aromatic nitrogens is 5. The zero-order valence-corrected chi connectivity index (χ0v) is 11.4. The zero-order valence-electron chi connectivity index (χ0n) is 10.6. The van der Waals surface area contributed by atoms with Crippen LogP contribution in [0.25, 0.3) is 0 Å². The van der Waals surface area contributed by atoms with E-state index in [1.807, 2.05) is 6.92 Å². The molecule has 0 radical (unpaired) electrons. The Morgan fingerprint density at radius 3 is 2.79 bits per heavy atom. The number of nitrogen functional groups attached to an aromatic ring is 1. The lowest BCUT2D eigenvalue weighted by Gasteiger charge is -2.14. The molecule has 10 heteroatoms. The normalized spacial score (nSPS) is 12.2. The molecule has 2 aromatic rings. The van der Waals surface area contributed by atoms with E-state index in [-0.39, 0.29) is 17.3 Å². The number of anilines is 1. The van der Waals surface area contributed by atoms with Gasteiger partial charge in [-0.05, 0) is 6.92 Å². The minimum absolute atomic E-state index is 0.00337. The first kappa shape index (κ1) is 13.5. The van der Waals surface area contributed by atoms with Crippen LogP contribution in [0.5, 0.6) is 0 Å². The molecule has 0 atom stereocenters. The second kappa shape index (κ2) is 4.97. The fourth-order valence-corrected chi connectivity index (χ4v) is 2.74. The summed E-state index contributed by atoms with van der Waals surface area (Å²) < 4.78 is 27.3. The maximum atomic E-state index is 12.3. The maximum absolute atomic E-state index is 12.3. The third-order valence-electron chi connectivity index (χ3n) is 2.60. The lowest BCUT2D eigenvalue weighted by atomic mass is 10.6. The van der Waals surface area contributed by atoms with Gasteiger partial charge >= 0.3 is 0 Å². The third kappa shape index (κ3) is 2.58. The minimum Gasteiger partial charge on any atom is -0.381 e. The number of nitrogens with two attached hydrogens (primary N) is 1. The molecule has 0 unspecified atom stereocenters. The molecule has 2 aromatic heterocycles. The average Bonchev–Trinajstić information content (AvgIpc) is 2.98. The molecule has 3 N–H and O–H groups in total. The number of nitrogens with zero attached hydrogens (tertiary/aromatic N) is 5. The highest BCUT2D eigenvalue weighted by molar-refractivity contribution is 7.89. The number of aromatic amines is 1. The van der Waals surface area contributed by atoms with Crippen LogP contribution >= 0.6 is 0 Å². The van der Waals surface area contributed by atoms with E-state index in [1.165, 1.54) is 24.3 Å². The topological polar surface area (TPSA) is 123 Å². The number of H-pyrrole nitrogens is 1. The van der Waals surface area contributed by atoms with Gasteiger partial charge in [-0.2, -0.15) is 14.5 Å². The van der Waals surface area contributed by atoms with E-state index in [0.29, 0.717) is 12.4 Å². The van der Waals surface area contributed by atoms with Crippen LogP contribution in [0, 0.1) is 0 Å². The summed E-state index contributed by atoms with van der Waals surface area (Å²) in [5, 5.41) is 10.2. The van der Waals surface area contributed by atoms with Crippen molar-refractivity contribution in [2.45, 2.75) is 24.9 Å². The standard InChI is InChI=1S/C9H15N7O2S/c1-3-16-4-7(9(10)14-16)19(17,18)15(2)5-8-11-6-12-13-8/h4,6H,3,5H2,1-2H3,(H2,10,14)(H,11,12,13). The van der Waals surface area contributed by atoms with E-state index in [2.05, 4.69) is 20.3 Å². The average molecular weight is 285 g/mol. The van der Waals surface area contributed by atoms with Crippen LogP contribution in [0.15, 0.2) is 17.4 Å². The van der Waals surface area contributed by atoms with E-state index >= 15 is 0 Å². The van der Waals surface area contributed by atoms with Gasteiger partial charge in [-0.3, -0.25) is 9.78 Å². The Labute approximate surface area is 110 Å². The Kier molecular flexibility index (Phi) is 3.53. The first-order chi connectivity index (χ1) is 8.95. The van der Waals surface area contributed by atoms with E-state index in [9.17, 15) is 8.42 Å². The highest BCUT2D eigenvalue weighted by Crippen LogP contribution is 2.20. The van der Waals surface area contributed by atoms with Gasteiger partial charge in [0.1, 0.15) is 17.0 Å². The molecule has 2 heterocycles. The molecule has 0 aliphatic rings. The highest BCUT2D eigenvalue weighted by atomic mass is 32.2. The monoisotopic (exact) mass is 285 g/mol. The Balaban J connectivity index is 2.28. The van der Waals surface area contributed by atoms with Gasteiger partial charge in [0.2, 0.25) is 10.0 Å². The number of hydrogen-bond donors (Lipinski definition) is 2. The molecule has 0 saturated heterocycles. The molecule has 2 rings (SSSR count). The second-order valence-corrected chi connectivity index (χ2v) is 5.94. The van der Waals surface area contributed by atoms with Crippen molar-refractivity contribution in [3.8, 4) is 0 Å². The molecule has 19 heavy (non-hydrogen) atoms. The summed E-state index contributed by atoms with van der Waals surface area (Å²) >= 11 is 0. The van der Waals surface area contributed by atoms with Crippen molar-refractivity contribution in [1.29, 1.82) is 0 Å². The first-order valence-corrected chi connectivity index (χ1v) is 7.02. The van der Waals surface area contributed by atoms with Crippen molar-refractivity contribution in [3.05, 3.63) is 18.3 Å². The van der Waals surface area contributed by atoms with Crippen LogP contribution in [-0.4, -0.2) is 44.7 Å². The fourth-order valence-electron chi connectivity index (χ4n) is 1.55. The number of aryl methyl sites for hydroxylation is 1. The molecule has 0 saturated carbocycles. The summed E-state index contributed by atoms with van der Waals surface area (Å²) in [6, 6.07) is 0. The quantitative estimate of drug-likeness (QED) is 0.758. The largest absolute Gasteiger partial charge is 0.381 e. The molecule has 0 spiro atoms. The van der Waals surface area contributed by atoms with Gasteiger partial charge in [-0.15, -0.1) is 0 Å². The Morgan fingerprint density at radius 2 is 2.26 bits per heavy atom. The van der Waals surface area contributed by atoms with E-state index in [1.54, 1.807) is 0 Å². The van der Waals surface area contributed by atoms with Gasteiger partial charge in [0.05, 0.1) is 6.54 Å². The summed E-state index contributed by atoms with van der Waals surface area (Å²) in [6.45, 7) is 2.48. The van der Waals surface area contributed by atoms with Crippen LogP contribution in [0.4, 0.5) is 5.82 Å². The smallest absolute Gasteiger partial charge is 0.248 e. The molecule has 0 bridgehead atoms. The molecule has 9 nitrogen and oxygen atoms in total. The van der Waals surface area contributed by atoms with Gasteiger partial charge in [0.15, 0.2) is 5.82 Å². The summed E-state index contributed by atoms with van der Waals surface area (Å²) in [5.41, 5.74) is 5.64. The first-order valence-electron chi connectivity index (χ1n) is 5.58. The molecular weight excluding hydrogens is 270 g/mol. The van der Waals surface area contributed by atoms with Crippen molar-refractivity contribution in [2.24, 2.45) is 0 Å². The number of hydrogen-bond acceptors (Lipinski definition) is 6. The van der Waals surface area contributed by atoms with Crippen LogP contribution in [0.3, 0.4) is 0 Å². The number of sulfonamides is 1. The Bertz CT molecular complexity index is 646. The third-order valence-corrected chi connectivity index (χ3v) is 4.42. The van der Waals surface area contributed by atoms with Gasteiger partial charge in [0.25, 0.3) is 0 Å². The fraction of sp³-hybridized carbons (Fsp3) is 0.444. The maximum Gasteiger partial charge on any atom is 0.248 e. The lowest BCUT2D eigenvalue weighted by Crippen LogP contribution is -2.27. The van der Waals surface area contributed by atoms with Crippen LogP contribution in [-0.2, 0) is 23.1 Å². The van der Waals surface area contributed by atoms with Crippen LogP contribution in [0.2, 0.25) is 0 Å². The van der Waals surface area contributed by atoms with Crippen molar-refractivity contribution >= 4 is 15.8 Å². The van der Waals surface area contributed by atoms with E-state index in [0.717, 1.165) is 4.31 Å². The number of rotatable bonds is 5. The van der Waals surface area contributed by atoms with Crippen molar-refractivity contribution < 1.29 is 8.42 Å². The zero-order chi connectivity index (χ0) is 14.0. The predicted molar refractivity (Wildman–Crippen MR) is 67.3 cm³/mol. The van der Waals surface area contributed by atoms with E-state index in [4.69, 9.17) is 5.73 Å². The predicted octanol–water partition coefficient (Wildman–Crippen LogP) is -0.576. The van der Waals surface area contributed by atoms with Crippen molar-refractivity contribution in [2.75, 3.05) is 12.8 Å². The van der Waals surface area contributed by atoms with Crippen LogP contribution < -0.4 is 5.73 Å². The van der Waals surface area contributed by atoms with Gasteiger partial charge in [0, 0.05) is 19.8 Å². The molecule has 0 fully saturated rings. The van der Waals surface area contributed by atoms with Crippen molar-refractivity contribution in [3.63, 3.8) is 0 Å². The molecule has 104 valence electrons. The van der Waals surface area contributed by atoms with Crippen LogP contribution in [0.1, 0.15) is 12.7 Å². The van der Waals surface area contributed by atoms with Gasteiger partial charge < -0.3 is 5.73 Å². The Hall–Kier alpha value is -1.94. The SMILES string of the molecule is CCn1cc(S(=O)(=O)N(C)Cc2ncn[nH]2)c(N)n1. The summed E-state index contributed by atoms with van der Waals surface area (Å²) in [4.78, 5) is 3.88. The summed E-state index contributed by atoms with van der Waals surface area (Å²) in [7, 11) is -2.25. The van der Waals surface area contributed by atoms with Crippen molar-refractivity contribution in [1.82, 2.24) is 29.3 Å². The molecule has 0 amide bonds. The molecule has 0 aliphatic heterocycles. The number of nitrogens with one attached hydrogen (secondary N) is 1. The van der Waals surface area contributed by atoms with E-state index < -0.39 is 10.0 Å². The molecule has 0 aliphatic carbocycles. The minimum atomic E-state index is -3.70. The summed E-state index contributed by atoms with van der Waals surface area (Å²) in [5.74, 6) is 0.443. The summed E-state index contributed by atoms with van der Waals surface area (Å²) in [6.07, 6.45) is 2.74. The second-order valence-electron chi connectivity index (χ2n) is 3.93. The lowest BCUT2D eigenvalue weighted by molar-refractivity contribution is 0.457. The molecular formula is C9H15N7O2S. The highest BCUT2D eigenvalue weighted by Gasteiger charge is 2.26.